The van der Waals surface area contributed by atoms with Crippen LogP contribution in [-0.4, -0.2) is 50.9 Å². The summed E-state index contributed by atoms with van der Waals surface area (Å²) in [5.74, 6) is -0.585. The standard InChI is InChI=1S/C33H32F3N3O4/c1-5-27(40)30-24-14-23(22-11-12-28(42-4)25(13-22)32(41)38-33(16-34,17-35)18-36)26(39(6-2)19-37)15-29(24)43-31(30)21-9-7-20(3)8-10-21/h7-15H,5-6,16-18H2,1-4H3,(H,38,41). The number of furan rings is 1. The summed E-state index contributed by atoms with van der Waals surface area (Å²) in [5.41, 5.74) is 1.50. The number of benzene rings is 3. The fourth-order valence-electron chi connectivity index (χ4n) is 4.81. The van der Waals surface area contributed by atoms with Crippen LogP contribution in [-0.2, 0) is 0 Å². The molecule has 0 atom stereocenters. The van der Waals surface area contributed by atoms with Crippen molar-refractivity contribution < 1.29 is 31.9 Å². The van der Waals surface area contributed by atoms with Gasteiger partial charge in [0.05, 0.1) is 23.9 Å². The van der Waals surface area contributed by atoms with E-state index >= 15 is 0 Å². The van der Waals surface area contributed by atoms with E-state index < -0.39 is 31.5 Å². The number of carbonyl (C=O) groups is 2. The van der Waals surface area contributed by atoms with E-state index in [1.54, 1.807) is 32.0 Å². The second kappa shape index (κ2) is 13.0. The van der Waals surface area contributed by atoms with Gasteiger partial charge in [0.2, 0.25) is 0 Å². The van der Waals surface area contributed by atoms with Crippen molar-refractivity contribution in [1.29, 1.82) is 5.26 Å². The van der Waals surface area contributed by atoms with Crippen molar-refractivity contribution >= 4 is 28.3 Å². The maximum absolute atomic E-state index is 13.6. The number of hydrogen-bond donors (Lipinski definition) is 1. The Morgan fingerprint density at radius 3 is 2.21 bits per heavy atom. The number of fused-ring (bicyclic) bond motifs is 1. The Bertz CT molecular complexity index is 1680. The third kappa shape index (κ3) is 5.93. The second-order valence-electron chi connectivity index (χ2n) is 10.2. The van der Waals surface area contributed by atoms with E-state index in [4.69, 9.17) is 9.15 Å². The number of hydrogen-bond acceptors (Lipinski definition) is 6. The minimum atomic E-state index is -2.32. The Morgan fingerprint density at radius 1 is 1.00 bits per heavy atom. The summed E-state index contributed by atoms with van der Waals surface area (Å²) in [7, 11) is 1.32. The summed E-state index contributed by atoms with van der Waals surface area (Å²) in [5, 5.41) is 12.6. The highest BCUT2D eigenvalue weighted by Crippen LogP contribution is 2.42. The van der Waals surface area contributed by atoms with E-state index in [1.807, 2.05) is 31.2 Å². The topological polar surface area (TPSA) is 95.6 Å². The number of rotatable bonds is 12. The zero-order valence-corrected chi connectivity index (χ0v) is 24.4. The monoisotopic (exact) mass is 591 g/mol. The smallest absolute Gasteiger partial charge is 0.255 e. The SMILES string of the molecule is CCC(=O)c1c(-c2ccc(C)cc2)oc2cc(N(C#N)CC)c(-c3ccc(OC)c(C(=O)NC(CF)(CF)CF)c3)cc12. The summed E-state index contributed by atoms with van der Waals surface area (Å²) in [6.45, 7) is 1.47. The number of anilines is 1. The Kier molecular flexibility index (Phi) is 9.44. The third-order valence-electron chi connectivity index (χ3n) is 7.35. The van der Waals surface area contributed by atoms with Gasteiger partial charge >= 0.3 is 0 Å². The van der Waals surface area contributed by atoms with Crippen molar-refractivity contribution in [3.63, 3.8) is 0 Å². The number of alkyl halides is 3. The van der Waals surface area contributed by atoms with Gasteiger partial charge in [-0.15, -0.1) is 0 Å². The van der Waals surface area contributed by atoms with Gasteiger partial charge in [0.1, 0.15) is 42.7 Å². The lowest BCUT2D eigenvalue weighted by Crippen LogP contribution is -2.54. The Morgan fingerprint density at radius 2 is 1.65 bits per heavy atom. The van der Waals surface area contributed by atoms with E-state index in [0.717, 1.165) is 11.1 Å². The predicted molar refractivity (Wildman–Crippen MR) is 160 cm³/mol. The molecule has 0 aliphatic carbocycles. The summed E-state index contributed by atoms with van der Waals surface area (Å²) >= 11 is 0. The number of amides is 1. The Labute approximate surface area is 247 Å². The first-order valence-electron chi connectivity index (χ1n) is 13.8. The second-order valence-corrected chi connectivity index (χ2v) is 10.2. The lowest BCUT2D eigenvalue weighted by molar-refractivity contribution is 0.0807. The van der Waals surface area contributed by atoms with E-state index in [0.29, 0.717) is 45.7 Å². The number of nitrogens with one attached hydrogen (secondary N) is 1. The lowest BCUT2D eigenvalue weighted by atomic mass is 9.94. The Hall–Kier alpha value is -4.78. The maximum atomic E-state index is 13.6. The minimum Gasteiger partial charge on any atom is -0.496 e. The highest BCUT2D eigenvalue weighted by molar-refractivity contribution is 6.14. The quantitative estimate of drug-likeness (QED) is 0.105. The number of carbonyl (C=O) groups excluding carboxylic acids is 2. The van der Waals surface area contributed by atoms with Crippen LogP contribution in [0.1, 0.15) is 46.5 Å². The van der Waals surface area contributed by atoms with Crippen LogP contribution in [0.3, 0.4) is 0 Å². The fraction of sp³-hybridized carbons (Fsp3) is 0.303. The van der Waals surface area contributed by atoms with Gasteiger partial charge in [0.15, 0.2) is 12.0 Å². The molecule has 1 amide bonds. The number of methoxy groups -OCH3 is 1. The molecule has 1 N–H and O–H groups in total. The van der Waals surface area contributed by atoms with E-state index in [1.165, 1.54) is 24.1 Å². The lowest BCUT2D eigenvalue weighted by Gasteiger charge is -2.26. The fourth-order valence-corrected chi connectivity index (χ4v) is 4.81. The van der Waals surface area contributed by atoms with Crippen LogP contribution in [0.4, 0.5) is 18.9 Å². The molecule has 0 aliphatic rings. The number of Topliss-reactive ketones (excluding diaryl/α,β-unsaturated/α-hetero) is 1. The molecule has 0 fully saturated rings. The summed E-state index contributed by atoms with van der Waals surface area (Å²) in [6, 6.07) is 15.6. The molecule has 1 heterocycles. The molecule has 224 valence electrons. The first-order valence-corrected chi connectivity index (χ1v) is 13.8. The molecule has 0 radical (unpaired) electrons. The molecule has 1 aromatic heterocycles. The highest BCUT2D eigenvalue weighted by atomic mass is 19.1. The average Bonchev–Trinajstić information content (AvgIpc) is 3.42. The van der Waals surface area contributed by atoms with Crippen LogP contribution in [0, 0.1) is 18.4 Å². The van der Waals surface area contributed by atoms with Crippen LogP contribution in [0.5, 0.6) is 5.75 Å². The van der Waals surface area contributed by atoms with E-state index in [-0.39, 0.29) is 23.5 Å². The van der Waals surface area contributed by atoms with E-state index in [2.05, 4.69) is 11.5 Å². The predicted octanol–water partition coefficient (Wildman–Crippen LogP) is 7.36. The van der Waals surface area contributed by atoms with Gasteiger partial charge in [-0.3, -0.25) is 14.5 Å². The molecule has 0 saturated carbocycles. The molecule has 3 aromatic carbocycles. The summed E-state index contributed by atoms with van der Waals surface area (Å²) in [4.78, 5) is 27.9. The van der Waals surface area contributed by atoms with Crippen molar-refractivity contribution in [3.8, 4) is 34.4 Å². The van der Waals surface area contributed by atoms with Crippen LogP contribution in [0.25, 0.3) is 33.4 Å². The number of nitrogens with zero attached hydrogens (tertiary/aromatic N) is 2. The third-order valence-corrected chi connectivity index (χ3v) is 7.35. The molecule has 4 rings (SSSR count). The number of ether oxygens (including phenoxy) is 1. The van der Waals surface area contributed by atoms with Crippen LogP contribution in [0.2, 0.25) is 0 Å². The number of aryl methyl sites for hydroxylation is 1. The molecule has 0 unspecified atom stereocenters. The first kappa shape index (κ1) is 31.2. The number of nitriles is 1. The molecule has 0 spiro atoms. The first-order chi connectivity index (χ1) is 20.7. The van der Waals surface area contributed by atoms with Gasteiger partial charge in [-0.2, -0.15) is 5.26 Å². The van der Waals surface area contributed by atoms with Crippen LogP contribution >= 0.6 is 0 Å². The van der Waals surface area contributed by atoms with Gasteiger partial charge < -0.3 is 14.5 Å². The minimum absolute atomic E-state index is 0.0915. The van der Waals surface area contributed by atoms with Crippen molar-refractivity contribution in [2.45, 2.75) is 32.7 Å². The molecule has 0 saturated heterocycles. The number of halogens is 3. The van der Waals surface area contributed by atoms with E-state index in [9.17, 15) is 28.0 Å². The van der Waals surface area contributed by atoms with Crippen LogP contribution in [0.15, 0.2) is 59.0 Å². The molecular formula is C33H32F3N3O4. The summed E-state index contributed by atoms with van der Waals surface area (Å²) in [6.07, 6.45) is 2.36. The van der Waals surface area contributed by atoms with Crippen molar-refractivity contribution in [1.82, 2.24) is 5.32 Å². The van der Waals surface area contributed by atoms with Gasteiger partial charge in [0.25, 0.3) is 5.91 Å². The largest absolute Gasteiger partial charge is 0.496 e. The molecule has 0 aliphatic heterocycles. The van der Waals surface area contributed by atoms with Crippen molar-refractivity contribution in [2.75, 3.05) is 38.6 Å². The molecule has 0 bridgehead atoms. The van der Waals surface area contributed by atoms with Crippen LogP contribution < -0.4 is 15.0 Å². The van der Waals surface area contributed by atoms with Gasteiger partial charge in [-0.1, -0.05) is 42.8 Å². The molecular weight excluding hydrogens is 559 g/mol. The molecule has 7 nitrogen and oxygen atoms in total. The normalized spacial score (nSPS) is 11.3. The van der Waals surface area contributed by atoms with Crippen molar-refractivity contribution in [3.05, 3.63) is 71.3 Å². The highest BCUT2D eigenvalue weighted by Gasteiger charge is 2.34. The van der Waals surface area contributed by atoms with Gasteiger partial charge in [-0.25, -0.2) is 13.2 Å². The maximum Gasteiger partial charge on any atom is 0.255 e. The molecule has 4 aromatic rings. The van der Waals surface area contributed by atoms with Gasteiger partial charge in [0, 0.05) is 35.5 Å². The summed E-state index contributed by atoms with van der Waals surface area (Å²) < 4.78 is 52.3. The number of ketones is 1. The Balaban J connectivity index is 1.99. The zero-order valence-electron chi connectivity index (χ0n) is 24.4. The zero-order chi connectivity index (χ0) is 31.3. The molecule has 10 heteroatoms. The van der Waals surface area contributed by atoms with Crippen molar-refractivity contribution in [2.24, 2.45) is 0 Å². The molecule has 43 heavy (non-hydrogen) atoms. The average molecular weight is 592 g/mol. The van der Waals surface area contributed by atoms with Gasteiger partial charge in [-0.05, 0) is 37.6 Å².